The normalized spacial score (nSPS) is 13.8. The smallest absolute Gasteiger partial charge is 0.314 e. The molecule has 118 valence electrons. The Balaban J connectivity index is 2.42. The van der Waals surface area contributed by atoms with Gasteiger partial charge < -0.3 is 15.7 Å². The van der Waals surface area contributed by atoms with Crippen molar-refractivity contribution in [2.45, 2.75) is 33.1 Å². The highest BCUT2D eigenvalue weighted by Crippen LogP contribution is 2.23. The van der Waals surface area contributed by atoms with Crippen LogP contribution < -0.4 is 10.6 Å². The maximum Gasteiger partial charge on any atom is 0.314 e. The second-order valence-corrected chi connectivity index (χ2v) is 5.97. The third-order valence-electron chi connectivity index (χ3n) is 3.75. The molecule has 1 aromatic rings. The van der Waals surface area contributed by atoms with Gasteiger partial charge in [-0.15, -0.1) is 0 Å². The molecule has 4 heteroatoms. The Morgan fingerprint density at radius 3 is 2.29 bits per heavy atom. The van der Waals surface area contributed by atoms with Crippen LogP contribution in [0.3, 0.4) is 0 Å². The largest absolute Gasteiger partial charge is 0.396 e. The first-order valence-corrected chi connectivity index (χ1v) is 7.72. The van der Waals surface area contributed by atoms with Gasteiger partial charge in [0.15, 0.2) is 0 Å². The van der Waals surface area contributed by atoms with E-state index >= 15 is 0 Å². The fourth-order valence-corrected chi connectivity index (χ4v) is 2.29. The molecule has 21 heavy (non-hydrogen) atoms. The van der Waals surface area contributed by atoms with Crippen molar-refractivity contribution in [3.63, 3.8) is 0 Å². The van der Waals surface area contributed by atoms with Crippen molar-refractivity contribution < 1.29 is 9.90 Å². The number of benzene rings is 1. The predicted molar refractivity (Wildman–Crippen MR) is 86.3 cm³/mol. The molecular formula is C17H28N2O2. The highest BCUT2D eigenvalue weighted by Gasteiger charge is 2.16. The van der Waals surface area contributed by atoms with E-state index in [1.807, 2.05) is 25.1 Å². The van der Waals surface area contributed by atoms with Crippen molar-refractivity contribution in [2.24, 2.45) is 11.8 Å². The molecule has 0 fully saturated rings. The Bertz CT molecular complexity index is 407. The van der Waals surface area contributed by atoms with E-state index in [4.69, 9.17) is 5.11 Å². The molecule has 0 heterocycles. The fourth-order valence-electron chi connectivity index (χ4n) is 2.29. The summed E-state index contributed by atoms with van der Waals surface area (Å²) in [6.07, 6.45) is 0.707. The lowest BCUT2D eigenvalue weighted by atomic mass is 9.88. The average Bonchev–Trinajstić information content (AvgIpc) is 2.46. The van der Waals surface area contributed by atoms with Gasteiger partial charge in [0.2, 0.25) is 0 Å². The second kappa shape index (κ2) is 9.40. The number of hydrogen-bond acceptors (Lipinski definition) is 2. The molecule has 1 aromatic carbocycles. The number of carbonyl (C=O) groups is 1. The molecule has 1 rings (SSSR count). The van der Waals surface area contributed by atoms with Crippen LogP contribution in [0.5, 0.6) is 0 Å². The van der Waals surface area contributed by atoms with Crippen LogP contribution in [0.2, 0.25) is 0 Å². The minimum Gasteiger partial charge on any atom is -0.396 e. The minimum atomic E-state index is -0.138. The molecule has 0 aliphatic carbocycles. The molecular weight excluding hydrogens is 264 g/mol. The summed E-state index contributed by atoms with van der Waals surface area (Å²) in [4.78, 5) is 11.8. The van der Waals surface area contributed by atoms with Gasteiger partial charge in [-0.25, -0.2) is 4.79 Å². The van der Waals surface area contributed by atoms with Crippen molar-refractivity contribution >= 4 is 6.03 Å². The van der Waals surface area contributed by atoms with Gasteiger partial charge in [-0.1, -0.05) is 51.1 Å². The molecule has 4 nitrogen and oxygen atoms in total. The third kappa shape index (κ3) is 6.63. The number of urea groups is 1. The van der Waals surface area contributed by atoms with Crippen molar-refractivity contribution in [3.05, 3.63) is 35.9 Å². The van der Waals surface area contributed by atoms with Crippen molar-refractivity contribution in [3.8, 4) is 0 Å². The average molecular weight is 292 g/mol. The predicted octanol–water partition coefficient (Wildman–Crippen LogP) is 2.74. The molecule has 0 spiro atoms. The van der Waals surface area contributed by atoms with Crippen LogP contribution in [-0.2, 0) is 0 Å². The summed E-state index contributed by atoms with van der Waals surface area (Å²) in [6.45, 7) is 7.72. The number of amides is 2. The van der Waals surface area contributed by atoms with Gasteiger partial charge in [-0.3, -0.25) is 0 Å². The van der Waals surface area contributed by atoms with Gasteiger partial charge in [-0.05, 0) is 23.8 Å². The zero-order chi connectivity index (χ0) is 15.7. The van der Waals surface area contributed by atoms with Crippen LogP contribution in [0.25, 0.3) is 0 Å². The van der Waals surface area contributed by atoms with Crippen LogP contribution in [0.1, 0.15) is 38.7 Å². The van der Waals surface area contributed by atoms with Crippen LogP contribution in [0.15, 0.2) is 30.3 Å². The summed E-state index contributed by atoms with van der Waals surface area (Å²) in [5.74, 6) is 1.06. The van der Waals surface area contributed by atoms with Crippen molar-refractivity contribution in [2.75, 3.05) is 19.7 Å². The number of aliphatic hydroxyl groups excluding tert-OH is 1. The molecule has 0 aliphatic rings. The van der Waals surface area contributed by atoms with Gasteiger partial charge in [0.1, 0.15) is 0 Å². The Labute approximate surface area is 128 Å². The maximum absolute atomic E-state index is 11.8. The molecule has 3 N–H and O–H groups in total. The fraction of sp³-hybridized carbons (Fsp3) is 0.588. The summed E-state index contributed by atoms with van der Waals surface area (Å²) in [5, 5.41) is 14.6. The Morgan fingerprint density at radius 1 is 1.10 bits per heavy atom. The SMILES string of the molecule is CC(CCO)CNC(=O)NCC(c1ccccc1)C(C)C. The molecule has 0 radical (unpaired) electrons. The topological polar surface area (TPSA) is 61.4 Å². The third-order valence-corrected chi connectivity index (χ3v) is 3.75. The highest BCUT2D eigenvalue weighted by atomic mass is 16.3. The zero-order valence-corrected chi connectivity index (χ0v) is 13.3. The van der Waals surface area contributed by atoms with Crippen LogP contribution in [-0.4, -0.2) is 30.8 Å². The first kappa shape index (κ1) is 17.5. The number of aliphatic hydroxyl groups is 1. The van der Waals surface area contributed by atoms with Gasteiger partial charge in [0, 0.05) is 25.6 Å². The zero-order valence-electron chi connectivity index (χ0n) is 13.3. The number of carbonyl (C=O) groups excluding carboxylic acids is 1. The Kier molecular flexibility index (Phi) is 7.83. The summed E-state index contributed by atoms with van der Waals surface area (Å²) in [6, 6.07) is 10.1. The lowest BCUT2D eigenvalue weighted by Gasteiger charge is -2.22. The van der Waals surface area contributed by atoms with E-state index in [9.17, 15) is 4.79 Å². The van der Waals surface area contributed by atoms with Gasteiger partial charge in [-0.2, -0.15) is 0 Å². The summed E-state index contributed by atoms with van der Waals surface area (Å²) in [5.41, 5.74) is 1.25. The van der Waals surface area contributed by atoms with E-state index in [2.05, 4.69) is 36.6 Å². The quantitative estimate of drug-likeness (QED) is 0.690. The molecule has 0 saturated carbocycles. The first-order chi connectivity index (χ1) is 10.0. The molecule has 2 atom stereocenters. The van der Waals surface area contributed by atoms with Gasteiger partial charge in [0.05, 0.1) is 0 Å². The van der Waals surface area contributed by atoms with E-state index in [0.717, 1.165) is 0 Å². The molecule has 0 aliphatic heterocycles. The summed E-state index contributed by atoms with van der Waals surface area (Å²) < 4.78 is 0. The first-order valence-electron chi connectivity index (χ1n) is 7.72. The standard InChI is InChI=1S/C17H28N2O2/c1-13(2)16(15-7-5-4-6-8-15)12-19-17(21)18-11-14(3)9-10-20/h4-8,13-14,16,20H,9-12H2,1-3H3,(H2,18,19,21). The van der Waals surface area contributed by atoms with E-state index < -0.39 is 0 Å². The number of rotatable bonds is 8. The Hall–Kier alpha value is -1.55. The molecule has 0 saturated heterocycles. The van der Waals surface area contributed by atoms with Crippen LogP contribution in [0.4, 0.5) is 4.79 Å². The highest BCUT2D eigenvalue weighted by molar-refractivity contribution is 5.73. The summed E-state index contributed by atoms with van der Waals surface area (Å²) >= 11 is 0. The maximum atomic E-state index is 11.8. The van der Waals surface area contributed by atoms with Crippen molar-refractivity contribution in [1.29, 1.82) is 0 Å². The molecule has 0 aromatic heterocycles. The van der Waals surface area contributed by atoms with Crippen molar-refractivity contribution in [1.82, 2.24) is 10.6 Å². The van der Waals surface area contributed by atoms with E-state index in [-0.39, 0.29) is 18.6 Å². The lowest BCUT2D eigenvalue weighted by Crippen LogP contribution is -2.40. The van der Waals surface area contributed by atoms with E-state index in [0.29, 0.717) is 31.3 Å². The monoisotopic (exact) mass is 292 g/mol. The molecule has 2 amide bonds. The molecule has 2 unspecified atom stereocenters. The Morgan fingerprint density at radius 2 is 1.71 bits per heavy atom. The van der Waals surface area contributed by atoms with E-state index in [1.165, 1.54) is 5.56 Å². The van der Waals surface area contributed by atoms with Crippen LogP contribution in [0, 0.1) is 11.8 Å². The number of nitrogens with one attached hydrogen (secondary N) is 2. The second-order valence-electron chi connectivity index (χ2n) is 5.97. The van der Waals surface area contributed by atoms with Gasteiger partial charge >= 0.3 is 6.03 Å². The summed E-state index contributed by atoms with van der Waals surface area (Å²) in [7, 11) is 0. The minimum absolute atomic E-state index is 0.138. The van der Waals surface area contributed by atoms with Gasteiger partial charge in [0.25, 0.3) is 0 Å². The molecule has 0 bridgehead atoms. The lowest BCUT2D eigenvalue weighted by molar-refractivity contribution is 0.232. The van der Waals surface area contributed by atoms with E-state index in [1.54, 1.807) is 0 Å². The number of hydrogen-bond donors (Lipinski definition) is 3. The van der Waals surface area contributed by atoms with Crippen LogP contribution >= 0.6 is 0 Å².